The van der Waals surface area contributed by atoms with Gasteiger partial charge in [-0.25, -0.2) is 0 Å². The fourth-order valence-electron chi connectivity index (χ4n) is 5.21. The maximum atomic E-state index is 11.5. The van der Waals surface area contributed by atoms with Crippen LogP contribution in [0, 0.1) is 11.3 Å². The van der Waals surface area contributed by atoms with Gasteiger partial charge in [0, 0.05) is 18.5 Å². The van der Waals surface area contributed by atoms with Crippen LogP contribution in [0.15, 0.2) is 4.99 Å². The van der Waals surface area contributed by atoms with Crippen molar-refractivity contribution in [1.82, 2.24) is 5.32 Å². The smallest absolute Gasteiger partial charge is 0.184 e. The molecule has 14 atom stereocenters. The van der Waals surface area contributed by atoms with Gasteiger partial charge in [-0.15, -0.1) is 0 Å². The summed E-state index contributed by atoms with van der Waals surface area (Å²) in [5.74, 6) is -1.07. The summed E-state index contributed by atoms with van der Waals surface area (Å²) in [6.45, 7) is 2.34. The first kappa shape index (κ1) is 34.9. The lowest BCUT2D eigenvalue weighted by Gasteiger charge is -2.49. The van der Waals surface area contributed by atoms with E-state index in [4.69, 9.17) is 52.4 Å². The number of aliphatic imine (C=N–C) groups is 1. The number of aliphatic hydroxyl groups excluding tert-OH is 5. The molecule has 17 heteroatoms. The van der Waals surface area contributed by atoms with Crippen LogP contribution in [0.4, 0.5) is 0 Å². The second kappa shape index (κ2) is 14.9. The van der Waals surface area contributed by atoms with Gasteiger partial charge in [0.2, 0.25) is 0 Å². The maximum Gasteiger partial charge on any atom is 0.184 e. The summed E-state index contributed by atoms with van der Waals surface area (Å²) in [4.78, 5) is 4.07. The Hall–Kier alpha value is -1.58. The first-order valence-corrected chi connectivity index (χ1v) is 14.2. The minimum absolute atomic E-state index is 0.0803. The van der Waals surface area contributed by atoms with Gasteiger partial charge in [-0.05, 0) is 26.2 Å². The molecule has 2 saturated heterocycles. The van der Waals surface area contributed by atoms with Gasteiger partial charge in [0.1, 0.15) is 48.3 Å². The van der Waals surface area contributed by atoms with Gasteiger partial charge in [0.15, 0.2) is 12.6 Å². The molecule has 2 aliphatic heterocycles. The number of rotatable bonds is 11. The van der Waals surface area contributed by atoms with E-state index >= 15 is 0 Å². The van der Waals surface area contributed by atoms with E-state index < -0.39 is 91.6 Å². The van der Waals surface area contributed by atoms with Crippen molar-refractivity contribution in [1.29, 1.82) is 5.41 Å². The second-order valence-corrected chi connectivity index (χ2v) is 11.7. The number of nitrogens with zero attached hydrogens (tertiary/aromatic N) is 1. The Bertz CT molecular complexity index is 917. The molecule has 1 aliphatic carbocycles. The van der Waals surface area contributed by atoms with E-state index in [0.717, 1.165) is 0 Å². The molecule has 0 aromatic carbocycles. The maximum absolute atomic E-state index is 11.5. The molecular formula is C25H49N7O10. The molecule has 17 nitrogen and oxygen atoms in total. The summed E-state index contributed by atoms with van der Waals surface area (Å²) in [7, 11) is 0. The minimum atomic E-state index is -1.44. The molecule has 1 saturated carbocycles. The van der Waals surface area contributed by atoms with Crippen LogP contribution in [0.3, 0.4) is 0 Å². The molecule has 3 rings (SSSR count). The van der Waals surface area contributed by atoms with E-state index in [0.29, 0.717) is 12.8 Å². The van der Waals surface area contributed by atoms with E-state index in [2.05, 4.69) is 10.3 Å². The normalized spacial score (nSPS) is 43.0. The predicted octanol–water partition coefficient (Wildman–Crippen LogP) is -5.25. The number of aliphatic hydroxyl groups is 6. The Balaban J connectivity index is 1.77. The quantitative estimate of drug-likeness (QED) is 0.0771. The number of nitrogens with one attached hydrogen (secondary N) is 2. The molecule has 0 spiro atoms. The molecule has 3 aliphatic rings. The Labute approximate surface area is 244 Å². The summed E-state index contributed by atoms with van der Waals surface area (Å²) >= 11 is 0. The van der Waals surface area contributed by atoms with Crippen LogP contribution < -0.4 is 28.3 Å². The van der Waals surface area contributed by atoms with Crippen LogP contribution in [0.25, 0.3) is 0 Å². The zero-order valence-electron chi connectivity index (χ0n) is 24.0. The monoisotopic (exact) mass is 607 g/mol. The van der Waals surface area contributed by atoms with Gasteiger partial charge < -0.3 is 77.8 Å². The molecular weight excluding hydrogens is 558 g/mol. The van der Waals surface area contributed by atoms with Gasteiger partial charge in [0.05, 0.1) is 43.5 Å². The largest absolute Gasteiger partial charge is 0.393 e. The van der Waals surface area contributed by atoms with Gasteiger partial charge >= 0.3 is 0 Å². The fourth-order valence-corrected chi connectivity index (χ4v) is 5.21. The number of hydrogen-bond donors (Lipinski definition) is 12. The molecule has 8 unspecified atom stereocenters. The molecule has 0 bridgehead atoms. The van der Waals surface area contributed by atoms with Crippen molar-refractivity contribution < 1.29 is 49.6 Å². The first-order chi connectivity index (χ1) is 19.7. The highest BCUT2D eigenvalue weighted by atomic mass is 16.7. The lowest BCUT2D eigenvalue weighted by Crippen LogP contribution is -2.68. The van der Waals surface area contributed by atoms with Gasteiger partial charge in [0.25, 0.3) is 0 Å². The number of hydrogen-bond acceptors (Lipinski definition) is 15. The molecule has 3 fully saturated rings. The number of amidine groups is 2. The lowest BCUT2D eigenvalue weighted by molar-refractivity contribution is -0.313. The molecule has 0 amide bonds. The van der Waals surface area contributed by atoms with Crippen molar-refractivity contribution in [2.24, 2.45) is 33.8 Å². The highest BCUT2D eigenvalue weighted by molar-refractivity contribution is 5.84. The summed E-state index contributed by atoms with van der Waals surface area (Å²) in [5.41, 5.74) is 22.6. The van der Waals surface area contributed by atoms with Crippen molar-refractivity contribution in [3.63, 3.8) is 0 Å². The highest BCUT2D eigenvalue weighted by Gasteiger charge is 2.51. The second-order valence-electron chi connectivity index (χ2n) is 11.7. The van der Waals surface area contributed by atoms with Gasteiger partial charge in [-0.2, -0.15) is 0 Å². The standard InChI is InChI=1S/C25H49N7O10/c1-10-17(36)24(39-9-25(10,2)38)42-20-14(32-22(30)15(34)6-26)5-13(28)19(18(20)37)41-23-12(27)4-3-11(40-23)7-31-21(29)16(35)8-33/h10-20,23-24,33-38H,3-9,26-28H2,1-2H3,(H2,29,31)(H2,30,32)/t10-,11+,12?,13+,14-,15?,16?,17?,18?,19?,20?,23-,24-,25?/m1/s1. The van der Waals surface area contributed by atoms with Crippen LogP contribution in [-0.4, -0.2) is 148 Å². The van der Waals surface area contributed by atoms with Crippen molar-refractivity contribution in [3.05, 3.63) is 0 Å². The molecule has 2 heterocycles. The van der Waals surface area contributed by atoms with Crippen LogP contribution in [-0.2, 0) is 18.9 Å². The topological polar surface area (TPSA) is 311 Å². The molecule has 0 aromatic rings. The third-order valence-corrected chi connectivity index (χ3v) is 8.30. The van der Waals surface area contributed by atoms with E-state index in [1.165, 1.54) is 6.92 Å². The third kappa shape index (κ3) is 8.32. The Morgan fingerprint density at radius 3 is 2.40 bits per heavy atom. The van der Waals surface area contributed by atoms with Crippen molar-refractivity contribution in [2.45, 2.75) is 112 Å². The van der Waals surface area contributed by atoms with Crippen LogP contribution in [0.5, 0.6) is 0 Å². The average molecular weight is 608 g/mol. The molecule has 16 N–H and O–H groups in total. The van der Waals surface area contributed by atoms with Crippen molar-refractivity contribution in [2.75, 3.05) is 26.3 Å². The summed E-state index contributed by atoms with van der Waals surface area (Å²) in [6, 6.07) is -2.19. The van der Waals surface area contributed by atoms with Gasteiger partial charge in [-0.1, -0.05) is 6.92 Å². The number of ether oxygens (including phenoxy) is 4. The molecule has 0 radical (unpaired) electrons. The summed E-state index contributed by atoms with van der Waals surface area (Å²) in [5, 5.41) is 72.5. The fraction of sp³-hybridized carbons (Fsp3) is 0.920. The zero-order chi connectivity index (χ0) is 31.4. The zero-order valence-corrected chi connectivity index (χ0v) is 24.0. The van der Waals surface area contributed by atoms with Crippen molar-refractivity contribution >= 4 is 11.7 Å². The van der Waals surface area contributed by atoms with E-state index in [-0.39, 0.29) is 37.8 Å². The van der Waals surface area contributed by atoms with E-state index in [1.807, 2.05) is 0 Å². The first-order valence-electron chi connectivity index (χ1n) is 14.2. The number of nitrogens with two attached hydrogens (primary N) is 4. The minimum Gasteiger partial charge on any atom is -0.393 e. The Morgan fingerprint density at radius 1 is 1.10 bits per heavy atom. The van der Waals surface area contributed by atoms with Gasteiger partial charge in [-0.3, -0.25) is 10.4 Å². The van der Waals surface area contributed by atoms with Crippen LogP contribution >= 0.6 is 0 Å². The molecule has 0 aromatic heterocycles. The average Bonchev–Trinajstić information content (AvgIpc) is 2.96. The molecule has 42 heavy (non-hydrogen) atoms. The summed E-state index contributed by atoms with van der Waals surface area (Å²) < 4.78 is 23.8. The Morgan fingerprint density at radius 2 is 1.76 bits per heavy atom. The van der Waals surface area contributed by atoms with Crippen molar-refractivity contribution in [3.8, 4) is 0 Å². The SMILES string of the molecule is C[C@@H]1C(O)[C@@H](OC2C(O)C(O[C@H]3O[C@H](CN=C(N)C(O)CO)CCC3N)[C@@H](N)C[C@H]2NC(=N)C(O)CN)OCC1(C)O. The molecule has 244 valence electrons. The highest BCUT2D eigenvalue weighted by Crippen LogP contribution is 2.34. The lowest BCUT2D eigenvalue weighted by atomic mass is 9.82. The summed E-state index contributed by atoms with van der Waals surface area (Å²) in [6.07, 6.45) is -9.08. The Kier molecular flexibility index (Phi) is 12.4. The van der Waals surface area contributed by atoms with Crippen LogP contribution in [0.1, 0.15) is 33.1 Å². The van der Waals surface area contributed by atoms with E-state index in [1.54, 1.807) is 6.92 Å². The van der Waals surface area contributed by atoms with E-state index in [9.17, 15) is 25.5 Å². The predicted molar refractivity (Wildman–Crippen MR) is 149 cm³/mol. The van der Waals surface area contributed by atoms with Crippen LogP contribution in [0.2, 0.25) is 0 Å². The third-order valence-electron chi connectivity index (χ3n) is 8.30.